The molecule has 0 aliphatic rings. The molecule has 322 valence electrons. The number of phosphoric ester groups is 1. The Morgan fingerprint density at radius 2 is 0.911 bits per heavy atom. The molecule has 1 N–H and O–H groups in total. The van der Waals surface area contributed by atoms with E-state index >= 15 is 0 Å². The molecule has 0 radical (unpaired) electrons. The van der Waals surface area contributed by atoms with Crippen LogP contribution in [0.3, 0.4) is 0 Å². The van der Waals surface area contributed by atoms with E-state index in [1.165, 1.54) is 44.9 Å². The van der Waals surface area contributed by atoms with Crippen molar-refractivity contribution in [3.8, 4) is 0 Å². The zero-order valence-electron chi connectivity index (χ0n) is 35.8. The Morgan fingerprint density at radius 3 is 1.38 bits per heavy atom. The molecule has 0 heterocycles. The summed E-state index contributed by atoms with van der Waals surface area (Å²) in [6.45, 7) is 5.31. The summed E-state index contributed by atoms with van der Waals surface area (Å²) in [4.78, 5) is 34.8. The molecular weight excluding hydrogens is 723 g/mol. The first-order chi connectivity index (χ1) is 27.3. The first kappa shape index (κ1) is 53.5. The largest absolute Gasteiger partial charge is 0.472 e. The van der Waals surface area contributed by atoms with Crippen LogP contribution in [0.5, 0.6) is 0 Å². The summed E-state index contributed by atoms with van der Waals surface area (Å²) in [7, 11) is -4.29. The molecule has 0 saturated carbocycles. The Kier molecular flexibility index (Phi) is 40.2. The van der Waals surface area contributed by atoms with Gasteiger partial charge in [-0.1, -0.05) is 157 Å². The standard InChI is InChI=1S/C47H81O8P/c1-4-7-9-11-13-15-17-19-21-23-24-26-28-30-32-34-36-38-40-42-47(49)55-45(44-54-56(50,51)53-6-3)43-52-46(48)41-39-37-35-33-31-29-27-25-22-20-18-16-14-12-10-8-5-2/h7,9,13-16,19-22,24,26,45H,4-6,8,10-12,17-18,23,25,27-44H2,1-3H3,(H,50,51)/b9-7-,15-13-,16-14-,21-19-,22-20-,26-24-. The molecule has 8 nitrogen and oxygen atoms in total. The van der Waals surface area contributed by atoms with Gasteiger partial charge in [-0.25, -0.2) is 4.57 Å². The number of phosphoric acid groups is 1. The van der Waals surface area contributed by atoms with E-state index in [1.54, 1.807) is 6.92 Å². The maximum Gasteiger partial charge on any atom is 0.472 e. The fraction of sp³-hybridized carbons (Fsp3) is 0.702. The van der Waals surface area contributed by atoms with E-state index in [4.69, 9.17) is 18.5 Å². The normalized spacial score (nSPS) is 14.0. The van der Waals surface area contributed by atoms with Crippen molar-refractivity contribution < 1.29 is 37.6 Å². The zero-order valence-corrected chi connectivity index (χ0v) is 36.7. The first-order valence-electron chi connectivity index (χ1n) is 22.2. The highest BCUT2D eigenvalue weighted by molar-refractivity contribution is 7.47. The van der Waals surface area contributed by atoms with Crippen LogP contribution in [0, 0.1) is 0 Å². The molecule has 0 bridgehead atoms. The van der Waals surface area contributed by atoms with E-state index in [1.807, 2.05) is 0 Å². The van der Waals surface area contributed by atoms with Crippen molar-refractivity contribution in [2.45, 2.75) is 194 Å². The van der Waals surface area contributed by atoms with Crippen LogP contribution in [0.15, 0.2) is 72.9 Å². The molecule has 0 fully saturated rings. The molecule has 0 amide bonds. The maximum atomic E-state index is 12.6. The molecule has 0 aromatic rings. The summed E-state index contributed by atoms with van der Waals surface area (Å²) >= 11 is 0. The summed E-state index contributed by atoms with van der Waals surface area (Å²) in [5.74, 6) is -0.827. The molecule has 0 rings (SSSR count). The molecule has 56 heavy (non-hydrogen) atoms. The van der Waals surface area contributed by atoms with E-state index in [0.717, 1.165) is 103 Å². The Hall–Kier alpha value is -2.51. The van der Waals surface area contributed by atoms with E-state index in [-0.39, 0.29) is 32.0 Å². The molecule has 0 aromatic carbocycles. The van der Waals surface area contributed by atoms with Crippen LogP contribution in [0.1, 0.15) is 188 Å². The van der Waals surface area contributed by atoms with E-state index in [2.05, 4.69) is 86.8 Å². The highest BCUT2D eigenvalue weighted by atomic mass is 31.2. The molecule has 0 spiro atoms. The van der Waals surface area contributed by atoms with E-state index in [0.29, 0.717) is 6.42 Å². The van der Waals surface area contributed by atoms with Gasteiger partial charge in [-0.05, 0) is 90.4 Å². The van der Waals surface area contributed by atoms with Crippen LogP contribution in [0.2, 0.25) is 0 Å². The molecule has 9 heteroatoms. The van der Waals surface area contributed by atoms with Crippen LogP contribution in [0.4, 0.5) is 0 Å². The van der Waals surface area contributed by atoms with Gasteiger partial charge >= 0.3 is 19.8 Å². The van der Waals surface area contributed by atoms with Gasteiger partial charge in [-0.3, -0.25) is 18.6 Å². The lowest BCUT2D eigenvalue weighted by Gasteiger charge is -2.19. The van der Waals surface area contributed by atoms with Crippen LogP contribution in [0.25, 0.3) is 0 Å². The second-order valence-corrected chi connectivity index (χ2v) is 15.8. The minimum absolute atomic E-state index is 0.00758. The number of esters is 2. The van der Waals surface area contributed by atoms with Crippen molar-refractivity contribution in [1.29, 1.82) is 0 Å². The van der Waals surface area contributed by atoms with Gasteiger partial charge in [0.25, 0.3) is 0 Å². The SMILES string of the molecule is CC/C=C\C/C=C\C/C=C\C/C=C\CCCCCCCCC(=O)OC(COC(=O)CCCCCCCCC/C=C\C/C=C\CCCCC)COP(=O)(O)OCC. The number of carbonyl (C=O) groups excluding carboxylic acids is 2. The van der Waals surface area contributed by atoms with Gasteiger partial charge in [0.15, 0.2) is 6.10 Å². The van der Waals surface area contributed by atoms with Gasteiger partial charge in [-0.2, -0.15) is 0 Å². The summed E-state index contributed by atoms with van der Waals surface area (Å²) in [5.41, 5.74) is 0. The van der Waals surface area contributed by atoms with Crippen LogP contribution < -0.4 is 0 Å². The number of rotatable bonds is 40. The van der Waals surface area contributed by atoms with Gasteiger partial charge in [0.2, 0.25) is 0 Å². The molecular formula is C47H81O8P. The smallest absolute Gasteiger partial charge is 0.462 e. The lowest BCUT2D eigenvalue weighted by Crippen LogP contribution is -2.29. The van der Waals surface area contributed by atoms with Gasteiger partial charge in [-0.15, -0.1) is 0 Å². The topological polar surface area (TPSA) is 108 Å². The maximum absolute atomic E-state index is 12.6. The third-order valence-electron chi connectivity index (χ3n) is 9.00. The minimum Gasteiger partial charge on any atom is -0.462 e. The first-order valence-corrected chi connectivity index (χ1v) is 23.7. The van der Waals surface area contributed by atoms with Crippen molar-refractivity contribution in [2.24, 2.45) is 0 Å². The Labute approximate surface area is 343 Å². The molecule has 0 aliphatic heterocycles. The van der Waals surface area contributed by atoms with Crippen molar-refractivity contribution in [3.05, 3.63) is 72.9 Å². The Morgan fingerprint density at radius 1 is 0.500 bits per heavy atom. The second kappa shape index (κ2) is 42.1. The third kappa shape index (κ3) is 41.1. The summed E-state index contributed by atoms with van der Waals surface area (Å²) in [6.07, 6.45) is 52.3. The molecule has 0 aromatic heterocycles. The minimum atomic E-state index is -4.29. The number of unbranched alkanes of at least 4 members (excludes halogenated alkanes) is 16. The predicted octanol–water partition coefficient (Wildman–Crippen LogP) is 14.1. The Bertz CT molecular complexity index is 1140. The lowest BCUT2D eigenvalue weighted by molar-refractivity contribution is -0.161. The van der Waals surface area contributed by atoms with Crippen LogP contribution in [-0.2, 0) is 32.7 Å². The van der Waals surface area contributed by atoms with Crippen molar-refractivity contribution >= 4 is 19.8 Å². The molecule has 0 saturated heterocycles. The monoisotopic (exact) mass is 805 g/mol. The predicted molar refractivity (Wildman–Crippen MR) is 234 cm³/mol. The fourth-order valence-corrected chi connectivity index (χ4v) is 6.52. The Balaban J connectivity index is 4.12. The highest BCUT2D eigenvalue weighted by Crippen LogP contribution is 2.43. The number of ether oxygens (including phenoxy) is 2. The molecule has 2 unspecified atom stereocenters. The third-order valence-corrected chi connectivity index (χ3v) is 10.1. The van der Waals surface area contributed by atoms with Crippen LogP contribution >= 0.6 is 7.82 Å². The van der Waals surface area contributed by atoms with Gasteiger partial charge in [0.1, 0.15) is 6.61 Å². The van der Waals surface area contributed by atoms with Crippen molar-refractivity contribution in [2.75, 3.05) is 19.8 Å². The summed E-state index contributed by atoms with van der Waals surface area (Å²) in [6, 6.07) is 0. The summed E-state index contributed by atoms with van der Waals surface area (Å²) < 4.78 is 32.7. The summed E-state index contributed by atoms with van der Waals surface area (Å²) in [5, 5.41) is 0. The molecule has 2 atom stereocenters. The molecule has 0 aliphatic carbocycles. The van der Waals surface area contributed by atoms with Gasteiger partial charge in [0.05, 0.1) is 13.2 Å². The number of allylic oxidation sites excluding steroid dienone is 12. The number of hydrogen-bond donors (Lipinski definition) is 1. The van der Waals surface area contributed by atoms with Crippen LogP contribution in [-0.4, -0.2) is 42.8 Å². The van der Waals surface area contributed by atoms with E-state index in [9.17, 15) is 19.0 Å². The van der Waals surface area contributed by atoms with Gasteiger partial charge < -0.3 is 14.4 Å². The number of carbonyl (C=O) groups is 2. The average Bonchev–Trinajstić information content (AvgIpc) is 3.18. The lowest BCUT2D eigenvalue weighted by atomic mass is 10.1. The van der Waals surface area contributed by atoms with Gasteiger partial charge in [0, 0.05) is 12.8 Å². The second-order valence-electron chi connectivity index (χ2n) is 14.3. The quantitative estimate of drug-likeness (QED) is 0.0282. The zero-order chi connectivity index (χ0) is 41.1. The number of hydrogen-bond acceptors (Lipinski definition) is 7. The van der Waals surface area contributed by atoms with Crippen molar-refractivity contribution in [3.63, 3.8) is 0 Å². The van der Waals surface area contributed by atoms with E-state index < -0.39 is 26.5 Å². The average molecular weight is 805 g/mol. The fourth-order valence-electron chi connectivity index (χ4n) is 5.77. The van der Waals surface area contributed by atoms with Crippen molar-refractivity contribution in [1.82, 2.24) is 0 Å². The highest BCUT2D eigenvalue weighted by Gasteiger charge is 2.25.